The van der Waals surface area contributed by atoms with Crippen LogP contribution >= 0.6 is 0 Å². The zero-order chi connectivity index (χ0) is 10.3. The lowest BCUT2D eigenvalue weighted by atomic mass is 10.1. The zero-order valence-electron chi connectivity index (χ0n) is 8.03. The van der Waals surface area contributed by atoms with Crippen molar-refractivity contribution in [1.82, 2.24) is 0 Å². The summed E-state index contributed by atoms with van der Waals surface area (Å²) in [6, 6.07) is 0. The topological polar surface area (TPSA) is 61.8 Å². The van der Waals surface area contributed by atoms with E-state index in [1.807, 2.05) is 0 Å². The predicted molar refractivity (Wildman–Crippen MR) is 44.1 cm³/mol. The minimum Gasteiger partial charge on any atom is -0.469 e. The first kappa shape index (κ1) is 12.1. The summed E-state index contributed by atoms with van der Waals surface area (Å²) >= 11 is 0. The molecule has 0 fully saturated rings. The number of carbonyl (C=O) groups is 2. The van der Waals surface area contributed by atoms with Crippen LogP contribution in [0, 0.1) is 0 Å². The summed E-state index contributed by atoms with van der Waals surface area (Å²) in [4.78, 5) is 21.3. The number of hydrogen-bond acceptors (Lipinski definition) is 5. The highest BCUT2D eigenvalue weighted by Gasteiger charge is 2.29. The first-order valence-electron chi connectivity index (χ1n) is 3.77. The van der Waals surface area contributed by atoms with E-state index in [9.17, 15) is 9.59 Å². The molecule has 5 nitrogen and oxygen atoms in total. The normalized spacial score (nSPS) is 11.0. The average molecular weight is 190 g/mol. The van der Waals surface area contributed by atoms with Crippen molar-refractivity contribution in [2.45, 2.75) is 18.6 Å². The Hall–Kier alpha value is -0.940. The van der Waals surface area contributed by atoms with Crippen LogP contribution in [-0.2, 0) is 23.8 Å². The largest absolute Gasteiger partial charge is 0.469 e. The third kappa shape index (κ3) is 3.52. The fourth-order valence-electron chi connectivity index (χ4n) is 0.821. The van der Waals surface area contributed by atoms with Gasteiger partial charge in [-0.15, -0.1) is 0 Å². The Morgan fingerprint density at radius 2 is 1.85 bits per heavy atom. The summed E-state index contributed by atoms with van der Waals surface area (Å²) in [5, 5.41) is 0. The van der Waals surface area contributed by atoms with Crippen LogP contribution in [0.25, 0.3) is 0 Å². The molecule has 0 bridgehead atoms. The number of methoxy groups -OCH3 is 3. The van der Waals surface area contributed by atoms with Gasteiger partial charge >= 0.3 is 5.97 Å². The highest BCUT2D eigenvalue weighted by molar-refractivity contribution is 5.70. The monoisotopic (exact) mass is 190 g/mol. The van der Waals surface area contributed by atoms with E-state index in [0.29, 0.717) is 6.29 Å². The van der Waals surface area contributed by atoms with E-state index in [2.05, 4.69) is 4.74 Å². The Morgan fingerprint density at radius 3 is 2.15 bits per heavy atom. The smallest absolute Gasteiger partial charge is 0.305 e. The van der Waals surface area contributed by atoms with Gasteiger partial charge in [0.1, 0.15) is 0 Å². The summed E-state index contributed by atoms with van der Waals surface area (Å²) in [5.74, 6) is -1.73. The lowest BCUT2D eigenvalue weighted by Gasteiger charge is -2.23. The highest BCUT2D eigenvalue weighted by Crippen LogP contribution is 2.15. The molecule has 5 heteroatoms. The minimum absolute atomic E-state index is 0.0803. The number of rotatable bonds is 6. The number of hydrogen-bond donors (Lipinski definition) is 0. The van der Waals surface area contributed by atoms with E-state index in [0.717, 1.165) is 0 Å². The van der Waals surface area contributed by atoms with Gasteiger partial charge in [-0.05, 0) is 0 Å². The first-order chi connectivity index (χ1) is 6.14. The summed E-state index contributed by atoms with van der Waals surface area (Å²) in [5.41, 5.74) is 0. The summed E-state index contributed by atoms with van der Waals surface area (Å²) < 4.78 is 14.1. The Morgan fingerprint density at radius 1 is 1.31 bits per heavy atom. The van der Waals surface area contributed by atoms with Gasteiger partial charge in [0.15, 0.2) is 6.29 Å². The molecular weight excluding hydrogens is 176 g/mol. The van der Waals surface area contributed by atoms with Crippen molar-refractivity contribution in [2.24, 2.45) is 0 Å². The summed E-state index contributed by atoms with van der Waals surface area (Å²) in [6.45, 7) is 0. The molecule has 0 unspecified atom stereocenters. The van der Waals surface area contributed by atoms with E-state index < -0.39 is 11.8 Å². The third-order valence-corrected chi connectivity index (χ3v) is 1.78. The first-order valence-corrected chi connectivity index (χ1v) is 3.77. The summed E-state index contributed by atoms with van der Waals surface area (Å²) in [7, 11) is 3.97. The van der Waals surface area contributed by atoms with Crippen molar-refractivity contribution in [3.05, 3.63) is 0 Å². The van der Waals surface area contributed by atoms with Crippen LogP contribution in [0.2, 0.25) is 0 Å². The summed E-state index contributed by atoms with van der Waals surface area (Å²) in [6.07, 6.45) is 0.753. The predicted octanol–water partition coefficient (Wildman–Crippen LogP) is 0.128. The molecule has 0 aliphatic carbocycles. The molecule has 0 rings (SSSR count). The van der Waals surface area contributed by atoms with Crippen LogP contribution in [0.4, 0.5) is 0 Å². The fraction of sp³-hybridized carbons (Fsp3) is 0.750. The molecule has 0 aliphatic heterocycles. The number of carbonyl (C=O) groups excluding carboxylic acids is 2. The van der Waals surface area contributed by atoms with Crippen molar-refractivity contribution < 1.29 is 23.8 Å². The van der Waals surface area contributed by atoms with E-state index in [1.165, 1.54) is 21.3 Å². The molecule has 0 saturated heterocycles. The molecule has 0 aromatic heterocycles. The molecular formula is C8H14O5. The van der Waals surface area contributed by atoms with E-state index in [1.54, 1.807) is 0 Å². The lowest BCUT2D eigenvalue weighted by Crippen LogP contribution is -2.36. The second-order valence-electron chi connectivity index (χ2n) is 2.41. The van der Waals surface area contributed by atoms with Gasteiger partial charge in [0.25, 0.3) is 0 Å². The number of esters is 1. The quantitative estimate of drug-likeness (QED) is 0.338. The molecule has 0 spiro atoms. The van der Waals surface area contributed by atoms with Gasteiger partial charge in [0.05, 0.1) is 13.5 Å². The highest BCUT2D eigenvalue weighted by atomic mass is 16.7. The molecule has 0 N–H and O–H groups in total. The zero-order valence-corrected chi connectivity index (χ0v) is 8.03. The SMILES string of the molecule is COC(=O)CCC(C=O)(OC)OC. The Balaban J connectivity index is 4.10. The molecule has 13 heavy (non-hydrogen) atoms. The van der Waals surface area contributed by atoms with Crippen LogP contribution in [-0.4, -0.2) is 39.4 Å². The molecule has 76 valence electrons. The minimum atomic E-state index is -1.33. The van der Waals surface area contributed by atoms with Gasteiger partial charge in [-0.2, -0.15) is 0 Å². The van der Waals surface area contributed by atoms with E-state index >= 15 is 0 Å². The van der Waals surface area contributed by atoms with Gasteiger partial charge in [-0.3, -0.25) is 9.59 Å². The molecule has 0 aromatic rings. The van der Waals surface area contributed by atoms with Crippen molar-refractivity contribution >= 4 is 12.3 Å². The van der Waals surface area contributed by atoms with E-state index in [4.69, 9.17) is 9.47 Å². The van der Waals surface area contributed by atoms with Gasteiger partial charge < -0.3 is 14.2 Å². The van der Waals surface area contributed by atoms with Gasteiger partial charge in [-0.25, -0.2) is 0 Å². The average Bonchev–Trinajstić information content (AvgIpc) is 2.20. The van der Waals surface area contributed by atoms with Crippen LogP contribution < -0.4 is 0 Å². The second kappa shape index (κ2) is 5.66. The lowest BCUT2D eigenvalue weighted by molar-refractivity contribution is -0.200. The standard InChI is InChI=1S/C8H14O5/c1-11-7(10)4-5-8(6-9,12-2)13-3/h6H,4-5H2,1-3H3. The van der Waals surface area contributed by atoms with Crippen molar-refractivity contribution in [3.8, 4) is 0 Å². The van der Waals surface area contributed by atoms with Crippen LogP contribution in [0.1, 0.15) is 12.8 Å². The van der Waals surface area contributed by atoms with Crippen molar-refractivity contribution in [3.63, 3.8) is 0 Å². The number of ether oxygens (including phenoxy) is 3. The Labute approximate surface area is 77.0 Å². The molecule has 0 atom stereocenters. The van der Waals surface area contributed by atoms with Crippen molar-refractivity contribution in [1.29, 1.82) is 0 Å². The maximum absolute atomic E-state index is 10.8. The van der Waals surface area contributed by atoms with Crippen LogP contribution in [0.5, 0.6) is 0 Å². The maximum Gasteiger partial charge on any atom is 0.305 e. The molecule has 0 heterocycles. The van der Waals surface area contributed by atoms with Gasteiger partial charge in [0.2, 0.25) is 5.79 Å². The van der Waals surface area contributed by atoms with Gasteiger partial charge in [0, 0.05) is 20.6 Å². The number of aldehydes is 1. The maximum atomic E-state index is 10.8. The third-order valence-electron chi connectivity index (χ3n) is 1.78. The molecule has 0 aliphatic rings. The van der Waals surface area contributed by atoms with E-state index in [-0.39, 0.29) is 12.8 Å². The van der Waals surface area contributed by atoms with Gasteiger partial charge in [-0.1, -0.05) is 0 Å². The molecule has 0 aromatic carbocycles. The second-order valence-corrected chi connectivity index (χ2v) is 2.41. The van der Waals surface area contributed by atoms with Crippen LogP contribution in [0.3, 0.4) is 0 Å². The van der Waals surface area contributed by atoms with Crippen molar-refractivity contribution in [2.75, 3.05) is 21.3 Å². The molecule has 0 saturated carbocycles. The Bertz CT molecular complexity index is 173. The fourth-order valence-corrected chi connectivity index (χ4v) is 0.821. The van der Waals surface area contributed by atoms with Crippen LogP contribution in [0.15, 0.2) is 0 Å². The Kier molecular flexibility index (Phi) is 5.25. The molecule has 0 amide bonds. The molecule has 0 radical (unpaired) electrons.